The van der Waals surface area contributed by atoms with Crippen LogP contribution in [0.25, 0.3) is 0 Å². The second kappa shape index (κ2) is 9.59. The standard InChI is InChI=1S/C23H34O8/c1-6-14(4)8-20(26)31-22-21-17(9-18(30-15(5)24)23(21)12-29-23)16(11-28-22)10-27-19(25)7-13(2)3/h11,13-14,17-18,21-22H,6-10,12H2,1-5H3/t14?,17-,18+,21-,22+,23-/m1/s1. The Kier molecular flexibility index (Phi) is 7.29. The summed E-state index contributed by atoms with van der Waals surface area (Å²) in [5, 5.41) is 0. The van der Waals surface area contributed by atoms with Crippen LogP contribution in [0.2, 0.25) is 0 Å². The maximum absolute atomic E-state index is 12.4. The van der Waals surface area contributed by atoms with Crippen molar-refractivity contribution in [2.45, 2.75) is 78.3 Å². The smallest absolute Gasteiger partial charge is 0.309 e. The zero-order valence-electron chi connectivity index (χ0n) is 19.1. The summed E-state index contributed by atoms with van der Waals surface area (Å²) in [6, 6.07) is 0. The van der Waals surface area contributed by atoms with Gasteiger partial charge in [-0.05, 0) is 18.3 Å². The molecular formula is C23H34O8. The van der Waals surface area contributed by atoms with Crippen molar-refractivity contribution >= 4 is 17.9 Å². The van der Waals surface area contributed by atoms with Gasteiger partial charge in [0.2, 0.25) is 6.29 Å². The minimum absolute atomic E-state index is 0.0864. The number of epoxide rings is 1. The molecule has 0 amide bonds. The lowest BCUT2D eigenvalue weighted by Crippen LogP contribution is -2.45. The molecule has 1 spiro atoms. The summed E-state index contributed by atoms with van der Waals surface area (Å²) in [5.41, 5.74) is 0.0416. The SMILES string of the molecule is CCC(C)CC(=O)O[C@@H]1OC=C(COC(=O)CC(C)C)[C@H]2C[C@H](OC(C)=O)[C@]3(CO3)[C@@H]12. The van der Waals surface area contributed by atoms with Gasteiger partial charge in [0, 0.05) is 31.3 Å². The maximum atomic E-state index is 12.4. The lowest BCUT2D eigenvalue weighted by molar-refractivity contribution is -0.192. The quantitative estimate of drug-likeness (QED) is 0.307. The van der Waals surface area contributed by atoms with Gasteiger partial charge in [0.15, 0.2) is 0 Å². The molecule has 2 heterocycles. The highest BCUT2D eigenvalue weighted by Crippen LogP contribution is 2.57. The van der Waals surface area contributed by atoms with Crippen LogP contribution in [0.15, 0.2) is 11.8 Å². The van der Waals surface area contributed by atoms with Crippen LogP contribution in [-0.2, 0) is 38.1 Å². The molecule has 1 unspecified atom stereocenters. The summed E-state index contributed by atoms with van der Waals surface area (Å²) in [5.74, 6) is -1.06. The zero-order valence-corrected chi connectivity index (χ0v) is 19.1. The van der Waals surface area contributed by atoms with Crippen molar-refractivity contribution in [1.82, 2.24) is 0 Å². The molecule has 1 aliphatic carbocycles. The Hall–Kier alpha value is -2.09. The lowest BCUT2D eigenvalue weighted by Gasteiger charge is -2.35. The Labute approximate surface area is 183 Å². The van der Waals surface area contributed by atoms with Gasteiger partial charge in [-0.25, -0.2) is 0 Å². The first-order valence-corrected chi connectivity index (χ1v) is 11.2. The van der Waals surface area contributed by atoms with Gasteiger partial charge in [-0.15, -0.1) is 0 Å². The second-order valence-corrected chi connectivity index (χ2v) is 9.37. The van der Waals surface area contributed by atoms with E-state index in [1.54, 1.807) is 0 Å². The third-order valence-corrected chi connectivity index (χ3v) is 6.35. The number of fused-ring (bicyclic) bond motifs is 2. The van der Waals surface area contributed by atoms with Crippen molar-refractivity contribution in [2.75, 3.05) is 13.2 Å². The molecule has 0 aromatic rings. The Morgan fingerprint density at radius 1 is 1.16 bits per heavy atom. The molecule has 0 bridgehead atoms. The minimum atomic E-state index is -0.834. The van der Waals surface area contributed by atoms with E-state index in [0.29, 0.717) is 25.9 Å². The fraction of sp³-hybridized carbons (Fsp3) is 0.783. The summed E-state index contributed by atoms with van der Waals surface area (Å²) in [6.45, 7) is 9.77. The Morgan fingerprint density at radius 2 is 1.87 bits per heavy atom. The molecule has 8 nitrogen and oxygen atoms in total. The average Bonchev–Trinajstić information content (AvgIpc) is 3.40. The van der Waals surface area contributed by atoms with E-state index in [9.17, 15) is 14.4 Å². The first kappa shape index (κ1) is 23.6. The zero-order chi connectivity index (χ0) is 22.8. The van der Waals surface area contributed by atoms with E-state index >= 15 is 0 Å². The Morgan fingerprint density at radius 3 is 2.45 bits per heavy atom. The third-order valence-electron chi connectivity index (χ3n) is 6.35. The molecule has 3 rings (SSSR count). The van der Waals surface area contributed by atoms with Gasteiger partial charge in [-0.3, -0.25) is 14.4 Å². The number of esters is 3. The van der Waals surface area contributed by atoms with Crippen LogP contribution in [-0.4, -0.2) is 49.1 Å². The molecule has 0 radical (unpaired) electrons. The van der Waals surface area contributed by atoms with Gasteiger partial charge in [-0.1, -0.05) is 34.1 Å². The van der Waals surface area contributed by atoms with Crippen LogP contribution < -0.4 is 0 Å². The van der Waals surface area contributed by atoms with Gasteiger partial charge in [-0.2, -0.15) is 0 Å². The predicted octanol–water partition coefficient (Wildman–Crippen LogP) is 3.13. The van der Waals surface area contributed by atoms with Crippen molar-refractivity contribution in [3.63, 3.8) is 0 Å². The molecule has 0 aromatic heterocycles. The molecule has 2 fully saturated rings. The molecule has 31 heavy (non-hydrogen) atoms. The fourth-order valence-corrected chi connectivity index (χ4v) is 4.48. The van der Waals surface area contributed by atoms with Crippen molar-refractivity contribution in [2.24, 2.45) is 23.7 Å². The van der Waals surface area contributed by atoms with Crippen molar-refractivity contribution < 1.29 is 38.1 Å². The lowest BCUT2D eigenvalue weighted by atomic mass is 9.83. The highest BCUT2D eigenvalue weighted by atomic mass is 16.7. The summed E-state index contributed by atoms with van der Waals surface area (Å²) < 4.78 is 28.3. The highest BCUT2D eigenvalue weighted by Gasteiger charge is 2.70. The van der Waals surface area contributed by atoms with E-state index in [4.69, 9.17) is 23.7 Å². The molecular weight excluding hydrogens is 404 g/mol. The number of rotatable bonds is 9. The topological polar surface area (TPSA) is 101 Å². The summed E-state index contributed by atoms with van der Waals surface area (Å²) in [7, 11) is 0. The molecule has 8 heteroatoms. The van der Waals surface area contributed by atoms with Crippen LogP contribution >= 0.6 is 0 Å². The largest absolute Gasteiger partial charge is 0.462 e. The molecule has 3 aliphatic rings. The normalized spacial score (nSPS) is 32.0. The van der Waals surface area contributed by atoms with E-state index < -0.39 is 24.0 Å². The number of ether oxygens (including phenoxy) is 5. The van der Waals surface area contributed by atoms with Crippen LogP contribution in [0.5, 0.6) is 0 Å². The van der Waals surface area contributed by atoms with Crippen molar-refractivity contribution in [3.05, 3.63) is 11.8 Å². The summed E-state index contributed by atoms with van der Waals surface area (Å²) in [6.07, 6.45) is 2.24. The predicted molar refractivity (Wildman–Crippen MR) is 109 cm³/mol. The van der Waals surface area contributed by atoms with Crippen LogP contribution in [0.4, 0.5) is 0 Å². The molecule has 0 N–H and O–H groups in total. The third kappa shape index (κ3) is 5.40. The monoisotopic (exact) mass is 438 g/mol. The van der Waals surface area contributed by atoms with Gasteiger partial charge in [0.05, 0.1) is 18.8 Å². The van der Waals surface area contributed by atoms with E-state index in [1.165, 1.54) is 13.2 Å². The first-order chi connectivity index (χ1) is 14.7. The molecule has 174 valence electrons. The van der Waals surface area contributed by atoms with Crippen LogP contribution in [0.1, 0.15) is 60.3 Å². The fourth-order valence-electron chi connectivity index (χ4n) is 4.48. The maximum Gasteiger partial charge on any atom is 0.309 e. The van der Waals surface area contributed by atoms with E-state index in [2.05, 4.69) is 0 Å². The van der Waals surface area contributed by atoms with Gasteiger partial charge in [0.1, 0.15) is 18.3 Å². The number of carbonyl (C=O) groups is 3. The molecule has 1 saturated heterocycles. The van der Waals surface area contributed by atoms with Gasteiger partial charge < -0.3 is 23.7 Å². The van der Waals surface area contributed by atoms with E-state index in [-0.39, 0.29) is 42.2 Å². The number of hydrogen-bond acceptors (Lipinski definition) is 8. The molecule has 6 atom stereocenters. The summed E-state index contributed by atoms with van der Waals surface area (Å²) >= 11 is 0. The highest BCUT2D eigenvalue weighted by molar-refractivity contribution is 5.70. The van der Waals surface area contributed by atoms with Gasteiger partial charge in [0.25, 0.3) is 0 Å². The van der Waals surface area contributed by atoms with Crippen LogP contribution in [0.3, 0.4) is 0 Å². The van der Waals surface area contributed by atoms with Crippen molar-refractivity contribution in [1.29, 1.82) is 0 Å². The minimum Gasteiger partial charge on any atom is -0.462 e. The average molecular weight is 439 g/mol. The van der Waals surface area contributed by atoms with Crippen LogP contribution in [0, 0.1) is 23.7 Å². The van der Waals surface area contributed by atoms with E-state index in [0.717, 1.165) is 12.0 Å². The Bertz CT molecular complexity index is 723. The molecule has 1 saturated carbocycles. The number of hydrogen-bond donors (Lipinski definition) is 0. The van der Waals surface area contributed by atoms with E-state index in [1.807, 2.05) is 27.7 Å². The second-order valence-electron chi connectivity index (χ2n) is 9.37. The molecule has 0 aromatic carbocycles. The summed E-state index contributed by atoms with van der Waals surface area (Å²) in [4.78, 5) is 36.1. The van der Waals surface area contributed by atoms with Gasteiger partial charge >= 0.3 is 17.9 Å². The first-order valence-electron chi connectivity index (χ1n) is 11.2. The molecule has 2 aliphatic heterocycles. The Balaban J connectivity index is 1.76. The van der Waals surface area contributed by atoms with Crippen molar-refractivity contribution in [3.8, 4) is 0 Å². The number of carbonyl (C=O) groups excluding carboxylic acids is 3.